The molecule has 0 heterocycles. The molecule has 0 aromatic heterocycles. The second kappa shape index (κ2) is 5.41. The Morgan fingerprint density at radius 2 is 1.85 bits per heavy atom. The van der Waals surface area contributed by atoms with Crippen LogP contribution in [0, 0.1) is 21.7 Å². The molecule has 0 saturated carbocycles. The molecule has 0 aliphatic carbocycles. The van der Waals surface area contributed by atoms with Crippen LogP contribution in [0.1, 0.15) is 0 Å². The summed E-state index contributed by atoms with van der Waals surface area (Å²) in [5.74, 6) is -1.53. The average molecular weight is 344 g/mol. The van der Waals surface area contributed by atoms with E-state index in [0.29, 0.717) is 6.07 Å². The van der Waals surface area contributed by atoms with Gasteiger partial charge in [0, 0.05) is 18.2 Å². The van der Waals surface area contributed by atoms with Crippen LogP contribution in [0.3, 0.4) is 0 Å². The van der Waals surface area contributed by atoms with E-state index in [1.807, 2.05) is 0 Å². The number of nitro groups is 1. The zero-order valence-electron chi connectivity index (χ0n) is 9.86. The topological polar surface area (TPSA) is 81.2 Å². The van der Waals surface area contributed by atoms with E-state index in [4.69, 9.17) is 5.73 Å². The quantitative estimate of drug-likeness (QED) is 0.382. The van der Waals surface area contributed by atoms with Crippen LogP contribution in [-0.4, -0.2) is 4.92 Å². The number of hydrogen-bond donors (Lipinski definition) is 2. The summed E-state index contributed by atoms with van der Waals surface area (Å²) in [4.78, 5) is 9.99. The zero-order chi connectivity index (χ0) is 14.9. The van der Waals surface area contributed by atoms with E-state index in [-0.39, 0.29) is 27.2 Å². The molecule has 0 unspecified atom stereocenters. The van der Waals surface area contributed by atoms with E-state index in [2.05, 4.69) is 21.2 Å². The summed E-state index contributed by atoms with van der Waals surface area (Å²) in [6.45, 7) is 0. The second-order valence-electron chi connectivity index (χ2n) is 3.90. The molecule has 0 bridgehead atoms. The van der Waals surface area contributed by atoms with Crippen molar-refractivity contribution in [2.45, 2.75) is 0 Å². The third-order valence-corrected chi connectivity index (χ3v) is 3.13. The molecule has 0 radical (unpaired) electrons. The highest BCUT2D eigenvalue weighted by molar-refractivity contribution is 9.10. The molecule has 20 heavy (non-hydrogen) atoms. The predicted molar refractivity (Wildman–Crippen MR) is 74.8 cm³/mol. The van der Waals surface area contributed by atoms with E-state index in [1.54, 1.807) is 0 Å². The summed E-state index contributed by atoms with van der Waals surface area (Å²) < 4.78 is 26.8. The van der Waals surface area contributed by atoms with Crippen LogP contribution in [0.5, 0.6) is 0 Å². The van der Waals surface area contributed by atoms with Crippen LogP contribution in [-0.2, 0) is 0 Å². The van der Waals surface area contributed by atoms with Crippen molar-refractivity contribution in [3.8, 4) is 0 Å². The highest BCUT2D eigenvalue weighted by Gasteiger charge is 2.12. The molecule has 0 spiro atoms. The molecule has 8 heteroatoms. The number of rotatable bonds is 3. The van der Waals surface area contributed by atoms with Gasteiger partial charge in [-0.15, -0.1) is 0 Å². The third-order valence-electron chi connectivity index (χ3n) is 2.53. The first-order chi connectivity index (χ1) is 9.38. The van der Waals surface area contributed by atoms with Gasteiger partial charge in [-0.05, 0) is 28.1 Å². The van der Waals surface area contributed by atoms with E-state index in [1.165, 1.54) is 18.2 Å². The molecule has 2 rings (SSSR count). The van der Waals surface area contributed by atoms with Crippen LogP contribution in [0.15, 0.2) is 34.8 Å². The van der Waals surface area contributed by atoms with Gasteiger partial charge in [0.25, 0.3) is 5.69 Å². The summed E-state index contributed by atoms with van der Waals surface area (Å²) in [6, 6.07) is 5.66. The van der Waals surface area contributed by atoms with Crippen LogP contribution < -0.4 is 11.1 Å². The van der Waals surface area contributed by atoms with Gasteiger partial charge in [0.2, 0.25) is 0 Å². The SMILES string of the molecule is Nc1cc([N+](=O)[O-])ccc1Nc1cc(Br)c(F)cc1F. The van der Waals surface area contributed by atoms with E-state index in [9.17, 15) is 18.9 Å². The molecule has 5 nitrogen and oxygen atoms in total. The smallest absolute Gasteiger partial charge is 0.271 e. The van der Waals surface area contributed by atoms with Gasteiger partial charge in [0.1, 0.15) is 11.6 Å². The van der Waals surface area contributed by atoms with Crippen molar-refractivity contribution < 1.29 is 13.7 Å². The van der Waals surface area contributed by atoms with Crippen LogP contribution in [0.25, 0.3) is 0 Å². The standard InChI is InChI=1S/C12H8BrF2N3O2/c13-7-4-12(9(15)5-8(7)14)17-11-2-1-6(18(19)20)3-10(11)16/h1-5,17H,16H2. The molecule has 0 aliphatic heterocycles. The van der Waals surface area contributed by atoms with Gasteiger partial charge in [-0.25, -0.2) is 8.78 Å². The Morgan fingerprint density at radius 1 is 1.15 bits per heavy atom. The molecule has 104 valence electrons. The minimum atomic E-state index is -0.802. The van der Waals surface area contributed by atoms with Gasteiger partial charge in [-0.1, -0.05) is 0 Å². The second-order valence-corrected chi connectivity index (χ2v) is 4.75. The largest absolute Gasteiger partial charge is 0.397 e. The van der Waals surface area contributed by atoms with Crippen LogP contribution in [0.4, 0.5) is 31.5 Å². The lowest BCUT2D eigenvalue weighted by atomic mass is 10.2. The number of nitrogens with one attached hydrogen (secondary N) is 1. The van der Waals surface area contributed by atoms with Crippen molar-refractivity contribution in [3.05, 3.63) is 56.6 Å². The van der Waals surface area contributed by atoms with Gasteiger partial charge >= 0.3 is 0 Å². The van der Waals surface area contributed by atoms with Crippen molar-refractivity contribution >= 4 is 38.7 Å². The number of hydrogen-bond acceptors (Lipinski definition) is 4. The number of anilines is 3. The Balaban J connectivity index is 2.35. The average Bonchev–Trinajstić information content (AvgIpc) is 2.37. The molecule has 3 N–H and O–H groups in total. The molecule has 0 atom stereocenters. The first-order valence-electron chi connectivity index (χ1n) is 5.34. The minimum Gasteiger partial charge on any atom is -0.397 e. The van der Waals surface area contributed by atoms with Crippen LogP contribution >= 0.6 is 15.9 Å². The number of nitro benzene ring substituents is 1. The summed E-state index contributed by atoms with van der Waals surface area (Å²) in [5, 5.41) is 13.2. The fourth-order valence-corrected chi connectivity index (χ4v) is 1.88. The fourth-order valence-electron chi connectivity index (χ4n) is 1.54. The lowest BCUT2D eigenvalue weighted by Crippen LogP contribution is -2.00. The summed E-state index contributed by atoms with van der Waals surface area (Å²) >= 11 is 2.94. The summed E-state index contributed by atoms with van der Waals surface area (Å²) in [5.41, 5.74) is 5.84. The maximum atomic E-state index is 13.6. The maximum Gasteiger partial charge on any atom is 0.271 e. The number of nitrogens with zero attached hydrogens (tertiary/aromatic N) is 1. The number of halogens is 3. The lowest BCUT2D eigenvalue weighted by molar-refractivity contribution is -0.384. The highest BCUT2D eigenvalue weighted by atomic mass is 79.9. The summed E-state index contributed by atoms with van der Waals surface area (Å²) in [7, 11) is 0. The van der Waals surface area contributed by atoms with Crippen LogP contribution in [0.2, 0.25) is 0 Å². The maximum absolute atomic E-state index is 13.6. The van der Waals surface area contributed by atoms with Crippen molar-refractivity contribution in [1.82, 2.24) is 0 Å². The van der Waals surface area contributed by atoms with E-state index in [0.717, 1.165) is 6.07 Å². The fraction of sp³-hybridized carbons (Fsp3) is 0. The molecule has 2 aromatic rings. The molecule has 0 amide bonds. The predicted octanol–water partition coefficient (Wildman–Crippen LogP) is 3.96. The Hall–Kier alpha value is -2.22. The number of non-ortho nitro benzene ring substituents is 1. The Bertz CT molecular complexity index is 695. The normalized spacial score (nSPS) is 10.3. The molecule has 0 saturated heterocycles. The monoisotopic (exact) mass is 343 g/mol. The molecule has 0 fully saturated rings. The van der Waals surface area contributed by atoms with Crippen molar-refractivity contribution in [2.75, 3.05) is 11.1 Å². The molecular weight excluding hydrogens is 336 g/mol. The van der Waals surface area contributed by atoms with Gasteiger partial charge in [-0.2, -0.15) is 0 Å². The first-order valence-corrected chi connectivity index (χ1v) is 6.13. The number of benzene rings is 2. The Morgan fingerprint density at radius 3 is 2.45 bits per heavy atom. The molecule has 0 aliphatic rings. The van der Waals surface area contributed by atoms with Crippen molar-refractivity contribution in [2.24, 2.45) is 0 Å². The number of nitrogen functional groups attached to an aromatic ring is 1. The zero-order valence-corrected chi connectivity index (χ0v) is 11.4. The highest BCUT2D eigenvalue weighted by Crippen LogP contribution is 2.30. The van der Waals surface area contributed by atoms with Gasteiger partial charge < -0.3 is 11.1 Å². The van der Waals surface area contributed by atoms with Gasteiger partial charge in [-0.3, -0.25) is 10.1 Å². The minimum absolute atomic E-state index is 0.00109. The Kier molecular flexibility index (Phi) is 3.84. The van der Waals surface area contributed by atoms with Gasteiger partial charge in [0.15, 0.2) is 0 Å². The van der Waals surface area contributed by atoms with Crippen molar-refractivity contribution in [1.29, 1.82) is 0 Å². The third kappa shape index (κ3) is 2.85. The van der Waals surface area contributed by atoms with E-state index < -0.39 is 16.6 Å². The van der Waals surface area contributed by atoms with Gasteiger partial charge in [0.05, 0.1) is 26.5 Å². The molecular formula is C12H8BrF2N3O2. The number of nitrogens with two attached hydrogens (primary N) is 1. The lowest BCUT2D eigenvalue weighted by Gasteiger charge is -2.10. The summed E-state index contributed by atoms with van der Waals surface area (Å²) in [6.07, 6.45) is 0. The van der Waals surface area contributed by atoms with Crippen molar-refractivity contribution in [3.63, 3.8) is 0 Å². The van der Waals surface area contributed by atoms with E-state index >= 15 is 0 Å². The Labute approximate surface area is 120 Å². The first kappa shape index (κ1) is 14.2. The molecule has 2 aromatic carbocycles.